The summed E-state index contributed by atoms with van der Waals surface area (Å²) in [5.41, 5.74) is 3.03. The normalized spacial score (nSPS) is 10.4. The summed E-state index contributed by atoms with van der Waals surface area (Å²) < 4.78 is 5.74. The van der Waals surface area contributed by atoms with Crippen molar-refractivity contribution >= 4 is 51.4 Å². The maximum absolute atomic E-state index is 12.5. The van der Waals surface area contributed by atoms with Crippen LogP contribution >= 0.6 is 27.5 Å². The van der Waals surface area contributed by atoms with Crippen LogP contribution in [0.4, 0.5) is 5.69 Å². The van der Waals surface area contributed by atoms with Crippen LogP contribution in [-0.2, 0) is 22.4 Å². The smallest absolute Gasteiger partial charge is 0.308 e. The maximum atomic E-state index is 12.5. The quantitative estimate of drug-likeness (QED) is 0.385. The fourth-order valence-electron chi connectivity index (χ4n) is 2.70. The van der Waals surface area contributed by atoms with Gasteiger partial charge in [-0.3, -0.25) is 14.4 Å². The van der Waals surface area contributed by atoms with Crippen LogP contribution in [0.15, 0.2) is 28.7 Å². The van der Waals surface area contributed by atoms with Crippen LogP contribution in [0.25, 0.3) is 0 Å². The molecule has 0 heterocycles. The van der Waals surface area contributed by atoms with Crippen LogP contribution in [0.1, 0.15) is 40.9 Å². The SMILES string of the molecule is CCc1cc(NC(=O)Cc2cc(C)cc(OC(C)=O)c2)c(C=O)c(Cl)c1Br. The summed E-state index contributed by atoms with van der Waals surface area (Å²) >= 11 is 9.61. The lowest BCUT2D eigenvalue weighted by atomic mass is 10.1. The molecule has 2 aromatic rings. The van der Waals surface area contributed by atoms with Crippen molar-refractivity contribution in [2.24, 2.45) is 0 Å². The molecule has 7 heteroatoms. The zero-order valence-electron chi connectivity index (χ0n) is 15.2. The van der Waals surface area contributed by atoms with Crippen molar-refractivity contribution in [1.82, 2.24) is 0 Å². The largest absolute Gasteiger partial charge is 0.427 e. The second-order valence-electron chi connectivity index (χ2n) is 6.07. The lowest BCUT2D eigenvalue weighted by Crippen LogP contribution is -2.16. The highest BCUT2D eigenvalue weighted by Gasteiger charge is 2.16. The lowest BCUT2D eigenvalue weighted by Gasteiger charge is -2.14. The molecule has 2 rings (SSSR count). The van der Waals surface area contributed by atoms with Crippen LogP contribution in [0.2, 0.25) is 5.02 Å². The second-order valence-corrected chi connectivity index (χ2v) is 7.24. The molecule has 0 saturated heterocycles. The number of nitrogens with one attached hydrogen (secondary N) is 1. The number of hydrogen-bond acceptors (Lipinski definition) is 4. The summed E-state index contributed by atoms with van der Waals surface area (Å²) in [6.45, 7) is 5.12. The average molecular weight is 453 g/mol. The molecule has 0 unspecified atom stereocenters. The molecule has 2 aromatic carbocycles. The van der Waals surface area contributed by atoms with Gasteiger partial charge in [0.25, 0.3) is 0 Å². The molecule has 0 spiro atoms. The molecule has 0 aromatic heterocycles. The van der Waals surface area contributed by atoms with Gasteiger partial charge >= 0.3 is 5.97 Å². The predicted molar refractivity (Wildman–Crippen MR) is 109 cm³/mol. The Labute approximate surface area is 171 Å². The van der Waals surface area contributed by atoms with Crippen molar-refractivity contribution in [3.05, 3.63) is 56.0 Å². The molecular weight excluding hydrogens is 434 g/mol. The van der Waals surface area contributed by atoms with Gasteiger partial charge in [0.2, 0.25) is 5.91 Å². The Morgan fingerprint density at radius 2 is 1.96 bits per heavy atom. The van der Waals surface area contributed by atoms with E-state index in [0.717, 1.165) is 11.1 Å². The van der Waals surface area contributed by atoms with Crippen molar-refractivity contribution in [3.63, 3.8) is 0 Å². The molecule has 0 radical (unpaired) electrons. The van der Waals surface area contributed by atoms with E-state index in [4.69, 9.17) is 16.3 Å². The number of benzene rings is 2. The predicted octanol–water partition coefficient (Wildman–Crippen LogP) is 4.89. The molecule has 1 N–H and O–H groups in total. The first-order valence-electron chi connectivity index (χ1n) is 8.30. The highest BCUT2D eigenvalue weighted by molar-refractivity contribution is 9.10. The van der Waals surface area contributed by atoms with E-state index in [1.54, 1.807) is 18.2 Å². The van der Waals surface area contributed by atoms with Gasteiger partial charge in [0.1, 0.15) is 5.75 Å². The molecule has 0 bridgehead atoms. The molecule has 0 atom stereocenters. The number of rotatable bonds is 6. The third kappa shape index (κ3) is 5.40. The van der Waals surface area contributed by atoms with Crippen molar-refractivity contribution in [1.29, 1.82) is 0 Å². The first kappa shape index (κ1) is 21.1. The number of carbonyl (C=O) groups is 3. The lowest BCUT2D eigenvalue weighted by molar-refractivity contribution is -0.131. The van der Waals surface area contributed by atoms with E-state index in [9.17, 15) is 14.4 Å². The van der Waals surface area contributed by atoms with E-state index in [2.05, 4.69) is 21.2 Å². The van der Waals surface area contributed by atoms with Crippen molar-refractivity contribution in [2.75, 3.05) is 5.32 Å². The Hall–Kier alpha value is -2.18. The number of halogens is 2. The number of carbonyl (C=O) groups excluding carboxylic acids is 3. The fourth-order valence-corrected chi connectivity index (χ4v) is 3.58. The van der Waals surface area contributed by atoms with Crippen LogP contribution in [-0.4, -0.2) is 18.2 Å². The van der Waals surface area contributed by atoms with Gasteiger partial charge in [-0.05, 0) is 64.2 Å². The minimum atomic E-state index is -0.428. The summed E-state index contributed by atoms with van der Waals surface area (Å²) in [5.74, 6) is -0.347. The zero-order chi connectivity index (χ0) is 20.1. The molecule has 5 nitrogen and oxygen atoms in total. The number of aldehydes is 1. The van der Waals surface area contributed by atoms with Gasteiger partial charge in [0.15, 0.2) is 6.29 Å². The van der Waals surface area contributed by atoms with E-state index in [1.165, 1.54) is 6.92 Å². The third-order valence-corrected chi connectivity index (χ3v) is 5.36. The van der Waals surface area contributed by atoms with Gasteiger partial charge in [-0.1, -0.05) is 24.6 Å². The molecular formula is C20H19BrClNO4. The van der Waals surface area contributed by atoms with E-state index in [-0.39, 0.29) is 22.9 Å². The first-order valence-corrected chi connectivity index (χ1v) is 9.47. The van der Waals surface area contributed by atoms with E-state index in [0.29, 0.717) is 34.2 Å². The molecule has 0 aliphatic heterocycles. The molecule has 0 aliphatic rings. The van der Waals surface area contributed by atoms with Gasteiger partial charge in [-0.25, -0.2) is 0 Å². The molecule has 1 amide bonds. The molecule has 142 valence electrons. The summed E-state index contributed by atoms with van der Waals surface area (Å²) in [4.78, 5) is 35.1. The zero-order valence-corrected chi connectivity index (χ0v) is 17.5. The van der Waals surface area contributed by atoms with Gasteiger partial charge in [-0.15, -0.1) is 0 Å². The molecule has 0 aliphatic carbocycles. The minimum Gasteiger partial charge on any atom is -0.427 e. The number of ether oxygens (including phenoxy) is 1. The minimum absolute atomic E-state index is 0.0589. The number of aryl methyl sites for hydroxylation is 2. The number of amides is 1. The third-order valence-electron chi connectivity index (χ3n) is 3.83. The van der Waals surface area contributed by atoms with Gasteiger partial charge < -0.3 is 10.1 Å². The number of esters is 1. The summed E-state index contributed by atoms with van der Waals surface area (Å²) in [6.07, 6.45) is 1.36. The maximum Gasteiger partial charge on any atom is 0.308 e. The summed E-state index contributed by atoms with van der Waals surface area (Å²) in [6, 6.07) is 6.92. The van der Waals surface area contributed by atoms with Crippen LogP contribution in [0, 0.1) is 6.92 Å². The fraction of sp³-hybridized carbons (Fsp3) is 0.250. The van der Waals surface area contributed by atoms with Crippen LogP contribution in [0.5, 0.6) is 5.75 Å². The van der Waals surface area contributed by atoms with Crippen molar-refractivity contribution in [2.45, 2.75) is 33.6 Å². The average Bonchev–Trinajstić information content (AvgIpc) is 2.57. The van der Waals surface area contributed by atoms with E-state index in [1.807, 2.05) is 19.9 Å². The highest BCUT2D eigenvalue weighted by Crippen LogP contribution is 2.34. The Kier molecular flexibility index (Phi) is 7.16. The Balaban J connectivity index is 2.26. The highest BCUT2D eigenvalue weighted by atomic mass is 79.9. The van der Waals surface area contributed by atoms with Gasteiger partial charge in [0.05, 0.1) is 22.7 Å². The second kappa shape index (κ2) is 9.15. The molecule has 0 fully saturated rings. The Morgan fingerprint density at radius 3 is 2.56 bits per heavy atom. The number of anilines is 1. The topological polar surface area (TPSA) is 72.5 Å². The monoisotopic (exact) mass is 451 g/mol. The van der Waals surface area contributed by atoms with Crippen LogP contribution in [0.3, 0.4) is 0 Å². The Bertz CT molecular complexity index is 911. The Morgan fingerprint density at radius 1 is 1.26 bits per heavy atom. The standard InChI is InChI=1S/C20H19BrClNO4/c1-4-14-9-17(16(10-24)20(22)19(14)21)23-18(26)8-13-5-11(2)6-15(7-13)27-12(3)25/h5-7,9-10H,4,8H2,1-3H3,(H,23,26). The summed E-state index contributed by atoms with van der Waals surface area (Å²) in [5, 5.41) is 3.02. The van der Waals surface area contributed by atoms with Crippen molar-refractivity contribution < 1.29 is 19.1 Å². The van der Waals surface area contributed by atoms with Crippen LogP contribution < -0.4 is 10.1 Å². The van der Waals surface area contributed by atoms with E-state index < -0.39 is 5.97 Å². The van der Waals surface area contributed by atoms with Gasteiger partial charge in [0, 0.05) is 11.4 Å². The molecule has 0 saturated carbocycles. The number of hydrogen-bond donors (Lipinski definition) is 1. The van der Waals surface area contributed by atoms with Crippen molar-refractivity contribution in [3.8, 4) is 5.75 Å². The first-order chi connectivity index (χ1) is 12.7. The van der Waals surface area contributed by atoms with Gasteiger partial charge in [-0.2, -0.15) is 0 Å². The molecule has 27 heavy (non-hydrogen) atoms. The van der Waals surface area contributed by atoms with E-state index >= 15 is 0 Å². The summed E-state index contributed by atoms with van der Waals surface area (Å²) in [7, 11) is 0.